The van der Waals surface area contributed by atoms with Crippen LogP contribution in [0.2, 0.25) is 0 Å². The quantitative estimate of drug-likeness (QED) is 0.622. The number of hydrogen-bond donors (Lipinski definition) is 0. The van der Waals surface area contributed by atoms with Crippen LogP contribution in [0.25, 0.3) is 0 Å². The van der Waals surface area contributed by atoms with E-state index in [1.807, 2.05) is 18.2 Å². The van der Waals surface area contributed by atoms with E-state index in [9.17, 15) is 4.79 Å². The topological polar surface area (TPSA) is 54.9 Å². The second-order valence-electron chi connectivity index (χ2n) is 9.40. The van der Waals surface area contributed by atoms with Crippen LogP contribution in [0.3, 0.4) is 0 Å². The van der Waals surface area contributed by atoms with Crippen LogP contribution in [0.1, 0.15) is 57.4 Å². The molecule has 2 atom stereocenters. The summed E-state index contributed by atoms with van der Waals surface area (Å²) < 4.78 is 11.7. The zero-order chi connectivity index (χ0) is 21.1. The van der Waals surface area contributed by atoms with E-state index >= 15 is 0 Å². The molecule has 3 rings (SSSR count). The van der Waals surface area contributed by atoms with Gasteiger partial charge in [-0.25, -0.2) is 0 Å². The lowest BCUT2D eigenvalue weighted by Gasteiger charge is -2.48. The summed E-state index contributed by atoms with van der Waals surface area (Å²) in [4.78, 5) is 22.9. The first-order valence-electron chi connectivity index (χ1n) is 10.9. The molecule has 2 aliphatic heterocycles. The normalized spacial score (nSPS) is 27.6. The van der Waals surface area contributed by atoms with E-state index in [0.29, 0.717) is 24.8 Å². The number of nitrogens with zero attached hydrogens (tertiary/aromatic N) is 3. The molecule has 0 aromatic carbocycles. The lowest BCUT2D eigenvalue weighted by molar-refractivity contribution is -0.104. The van der Waals surface area contributed by atoms with Gasteiger partial charge in [0.15, 0.2) is 0 Å². The second-order valence-corrected chi connectivity index (χ2v) is 9.40. The lowest BCUT2D eigenvalue weighted by atomic mass is 9.76. The Balaban J connectivity index is 1.76. The van der Waals surface area contributed by atoms with Gasteiger partial charge in [-0.1, -0.05) is 6.07 Å². The van der Waals surface area contributed by atoms with Gasteiger partial charge in [0.1, 0.15) is 5.69 Å². The Hall–Kier alpha value is -1.34. The van der Waals surface area contributed by atoms with Crippen molar-refractivity contribution in [2.75, 3.05) is 39.9 Å². The minimum atomic E-state index is -0.542. The predicted octanol–water partition coefficient (Wildman–Crippen LogP) is 3.02. The number of Topliss-reactive ketones (excluding diaryl/α,β-unsaturated/α-hetero) is 1. The fourth-order valence-corrected chi connectivity index (χ4v) is 4.79. The van der Waals surface area contributed by atoms with Crippen molar-refractivity contribution in [2.45, 2.75) is 70.2 Å². The summed E-state index contributed by atoms with van der Waals surface area (Å²) in [7, 11) is 2.17. The van der Waals surface area contributed by atoms with Crippen LogP contribution < -0.4 is 0 Å². The zero-order valence-electron chi connectivity index (χ0n) is 18.7. The smallest absolute Gasteiger partial charge is 0.201 e. The number of carbonyl (C=O) groups excluding carboxylic acids is 1. The van der Waals surface area contributed by atoms with Gasteiger partial charge >= 0.3 is 0 Å². The Kier molecular flexibility index (Phi) is 7.10. The number of likely N-dealkylation sites (tertiary alicyclic amines) is 1. The SMILES string of the molecule is CC(C)OCCN(C)[C@H]1CCN([C@]2(C(=O)c3ccccn3)CCOC(C)(C)C2)C1. The number of ether oxygens (including phenoxy) is 2. The highest BCUT2D eigenvalue weighted by atomic mass is 16.5. The van der Waals surface area contributed by atoms with E-state index in [1.54, 1.807) is 6.20 Å². The van der Waals surface area contributed by atoms with Gasteiger partial charge in [-0.15, -0.1) is 0 Å². The number of ketones is 1. The van der Waals surface area contributed by atoms with Crippen molar-refractivity contribution in [3.05, 3.63) is 30.1 Å². The Labute approximate surface area is 175 Å². The fraction of sp³-hybridized carbons (Fsp3) is 0.739. The van der Waals surface area contributed by atoms with E-state index in [4.69, 9.17) is 9.47 Å². The summed E-state index contributed by atoms with van der Waals surface area (Å²) in [5.41, 5.74) is -0.301. The van der Waals surface area contributed by atoms with Crippen LogP contribution in [0.5, 0.6) is 0 Å². The van der Waals surface area contributed by atoms with Crippen molar-refractivity contribution in [2.24, 2.45) is 0 Å². The standard InChI is InChI=1S/C23H37N3O3/c1-18(2)28-15-13-25(5)19-9-12-26(16-19)23(10-14-29-22(3,4)17-23)21(27)20-8-6-7-11-24-20/h6-8,11,18-19H,9-10,12-17H2,1-5H3/t19-,23+/m0/s1. The van der Waals surface area contributed by atoms with E-state index in [-0.39, 0.29) is 17.5 Å². The Morgan fingerprint density at radius 3 is 2.86 bits per heavy atom. The van der Waals surface area contributed by atoms with Crippen molar-refractivity contribution >= 4 is 5.78 Å². The van der Waals surface area contributed by atoms with Crippen LogP contribution in [0, 0.1) is 0 Å². The van der Waals surface area contributed by atoms with Crippen molar-refractivity contribution in [3.63, 3.8) is 0 Å². The minimum absolute atomic E-state index is 0.140. The summed E-state index contributed by atoms with van der Waals surface area (Å²) in [6.07, 6.45) is 4.45. The molecule has 2 fully saturated rings. The number of pyridine rings is 1. The van der Waals surface area contributed by atoms with E-state index in [0.717, 1.165) is 39.1 Å². The number of aromatic nitrogens is 1. The monoisotopic (exact) mass is 403 g/mol. The number of carbonyl (C=O) groups is 1. The minimum Gasteiger partial charge on any atom is -0.377 e. The maximum Gasteiger partial charge on any atom is 0.201 e. The van der Waals surface area contributed by atoms with Gasteiger partial charge in [-0.3, -0.25) is 19.6 Å². The van der Waals surface area contributed by atoms with Gasteiger partial charge < -0.3 is 9.47 Å². The molecule has 162 valence electrons. The van der Waals surface area contributed by atoms with Crippen LogP contribution in [0.15, 0.2) is 24.4 Å². The van der Waals surface area contributed by atoms with Crippen LogP contribution in [-0.2, 0) is 9.47 Å². The van der Waals surface area contributed by atoms with E-state index in [1.165, 1.54) is 0 Å². The summed E-state index contributed by atoms with van der Waals surface area (Å²) in [5, 5.41) is 0. The molecular formula is C23H37N3O3. The zero-order valence-corrected chi connectivity index (χ0v) is 18.7. The molecule has 0 unspecified atom stereocenters. The molecule has 0 radical (unpaired) electrons. The first-order chi connectivity index (χ1) is 13.7. The average molecular weight is 404 g/mol. The molecule has 0 bridgehead atoms. The first kappa shape index (κ1) is 22.3. The molecule has 1 aromatic rings. The molecule has 0 aliphatic carbocycles. The van der Waals surface area contributed by atoms with Gasteiger partial charge in [0.2, 0.25) is 5.78 Å². The van der Waals surface area contributed by atoms with Gasteiger partial charge in [-0.2, -0.15) is 0 Å². The summed E-state index contributed by atoms with van der Waals surface area (Å²) in [5.74, 6) is 0.140. The van der Waals surface area contributed by atoms with Crippen LogP contribution in [-0.4, -0.2) is 83.7 Å². The Morgan fingerprint density at radius 1 is 1.41 bits per heavy atom. The third-order valence-electron chi connectivity index (χ3n) is 6.33. The number of likely N-dealkylation sites (N-methyl/N-ethyl adjacent to an activating group) is 1. The van der Waals surface area contributed by atoms with Crippen molar-refractivity contribution in [3.8, 4) is 0 Å². The molecule has 0 saturated carbocycles. The number of hydrogen-bond acceptors (Lipinski definition) is 6. The van der Waals surface area contributed by atoms with E-state index < -0.39 is 5.54 Å². The third-order valence-corrected chi connectivity index (χ3v) is 6.33. The van der Waals surface area contributed by atoms with Gasteiger partial charge in [0.05, 0.1) is 23.9 Å². The Morgan fingerprint density at radius 2 is 2.21 bits per heavy atom. The third kappa shape index (κ3) is 5.23. The molecule has 0 N–H and O–H groups in total. The molecular weight excluding hydrogens is 366 g/mol. The van der Waals surface area contributed by atoms with Crippen LogP contribution >= 0.6 is 0 Å². The van der Waals surface area contributed by atoms with Crippen molar-refractivity contribution in [1.29, 1.82) is 0 Å². The molecule has 1 aromatic heterocycles. The highest BCUT2D eigenvalue weighted by molar-refractivity contribution is 6.02. The van der Waals surface area contributed by atoms with Gasteiger partial charge in [0, 0.05) is 44.9 Å². The maximum absolute atomic E-state index is 13.7. The molecule has 2 aliphatic rings. The molecule has 6 heteroatoms. The molecule has 6 nitrogen and oxygen atoms in total. The Bertz CT molecular complexity index is 679. The summed E-state index contributed by atoms with van der Waals surface area (Å²) in [6, 6.07) is 6.03. The fourth-order valence-electron chi connectivity index (χ4n) is 4.79. The maximum atomic E-state index is 13.7. The molecule has 29 heavy (non-hydrogen) atoms. The highest BCUT2D eigenvalue weighted by Gasteiger charge is 2.52. The molecule has 3 heterocycles. The predicted molar refractivity (Wildman–Crippen MR) is 114 cm³/mol. The summed E-state index contributed by atoms with van der Waals surface area (Å²) in [6.45, 7) is 12.4. The second kappa shape index (κ2) is 9.21. The number of rotatable bonds is 8. The first-order valence-corrected chi connectivity index (χ1v) is 10.9. The van der Waals surface area contributed by atoms with Crippen LogP contribution in [0.4, 0.5) is 0 Å². The summed E-state index contributed by atoms with van der Waals surface area (Å²) >= 11 is 0. The molecule has 0 amide bonds. The average Bonchev–Trinajstić information content (AvgIpc) is 3.18. The van der Waals surface area contributed by atoms with Gasteiger partial charge in [0.25, 0.3) is 0 Å². The van der Waals surface area contributed by atoms with Crippen molar-refractivity contribution in [1.82, 2.24) is 14.8 Å². The van der Waals surface area contributed by atoms with Crippen molar-refractivity contribution < 1.29 is 14.3 Å². The molecule has 0 spiro atoms. The molecule has 2 saturated heterocycles. The lowest BCUT2D eigenvalue weighted by Crippen LogP contribution is -2.61. The van der Waals surface area contributed by atoms with Gasteiger partial charge in [-0.05, 0) is 59.7 Å². The highest BCUT2D eigenvalue weighted by Crippen LogP contribution is 2.40. The van der Waals surface area contributed by atoms with E-state index in [2.05, 4.69) is 49.5 Å². The largest absolute Gasteiger partial charge is 0.377 e.